The van der Waals surface area contributed by atoms with Gasteiger partial charge >= 0.3 is 0 Å². The molecule has 5 nitrogen and oxygen atoms in total. The van der Waals surface area contributed by atoms with Crippen molar-refractivity contribution in [2.45, 2.75) is 0 Å². The molecule has 0 radical (unpaired) electrons. The zero-order valence-corrected chi connectivity index (χ0v) is 15.0. The SMILES string of the molecule is CON=Cc1ccc(-c2ccccc2NC(=O)c2occc2Br)cc1. The van der Waals surface area contributed by atoms with Crippen LogP contribution in [0.3, 0.4) is 0 Å². The summed E-state index contributed by atoms with van der Waals surface area (Å²) in [7, 11) is 1.50. The smallest absolute Gasteiger partial charge is 0.292 e. The number of anilines is 1. The predicted molar refractivity (Wildman–Crippen MR) is 101 cm³/mol. The van der Waals surface area contributed by atoms with E-state index in [4.69, 9.17) is 4.42 Å². The van der Waals surface area contributed by atoms with Crippen LogP contribution in [0, 0.1) is 0 Å². The van der Waals surface area contributed by atoms with Crippen LogP contribution in [0.4, 0.5) is 5.69 Å². The molecule has 0 aliphatic carbocycles. The van der Waals surface area contributed by atoms with Crippen LogP contribution >= 0.6 is 15.9 Å². The molecule has 0 aliphatic heterocycles. The maximum atomic E-state index is 12.4. The fraction of sp³-hybridized carbons (Fsp3) is 0.0526. The Kier molecular flexibility index (Phi) is 5.30. The zero-order valence-electron chi connectivity index (χ0n) is 13.4. The third-order valence-electron chi connectivity index (χ3n) is 3.53. The average molecular weight is 399 g/mol. The van der Waals surface area contributed by atoms with Crippen LogP contribution in [-0.4, -0.2) is 19.2 Å². The summed E-state index contributed by atoms with van der Waals surface area (Å²) in [4.78, 5) is 17.1. The minimum absolute atomic E-state index is 0.237. The maximum absolute atomic E-state index is 12.4. The number of rotatable bonds is 5. The number of oxime groups is 1. The van der Waals surface area contributed by atoms with Gasteiger partial charge in [0.25, 0.3) is 5.91 Å². The molecule has 1 aromatic heterocycles. The first kappa shape index (κ1) is 17.0. The van der Waals surface area contributed by atoms with E-state index in [0.29, 0.717) is 10.2 Å². The highest BCUT2D eigenvalue weighted by Gasteiger charge is 2.15. The Hall–Kier alpha value is -2.86. The molecule has 0 atom stereocenters. The van der Waals surface area contributed by atoms with E-state index in [1.807, 2.05) is 48.5 Å². The Morgan fingerprint density at radius 3 is 2.60 bits per heavy atom. The highest BCUT2D eigenvalue weighted by atomic mass is 79.9. The quantitative estimate of drug-likeness (QED) is 0.488. The van der Waals surface area contributed by atoms with Gasteiger partial charge in [0.15, 0.2) is 0 Å². The van der Waals surface area contributed by atoms with Gasteiger partial charge < -0.3 is 14.6 Å². The van der Waals surface area contributed by atoms with Gasteiger partial charge in [-0.25, -0.2) is 0 Å². The molecule has 2 aromatic carbocycles. The van der Waals surface area contributed by atoms with Gasteiger partial charge in [-0.15, -0.1) is 0 Å². The molecule has 6 heteroatoms. The number of carbonyl (C=O) groups is 1. The summed E-state index contributed by atoms with van der Waals surface area (Å²) in [5.74, 6) is -0.0749. The summed E-state index contributed by atoms with van der Waals surface area (Å²) in [6.07, 6.45) is 3.09. The maximum Gasteiger partial charge on any atom is 0.292 e. The zero-order chi connectivity index (χ0) is 17.6. The number of hydrogen-bond acceptors (Lipinski definition) is 4. The van der Waals surface area contributed by atoms with E-state index in [0.717, 1.165) is 16.7 Å². The number of carbonyl (C=O) groups excluding carboxylic acids is 1. The lowest BCUT2D eigenvalue weighted by Crippen LogP contribution is -2.12. The summed E-state index contributed by atoms with van der Waals surface area (Å²) in [6.45, 7) is 0. The first-order valence-corrected chi connectivity index (χ1v) is 8.28. The normalized spacial score (nSPS) is 10.8. The van der Waals surface area contributed by atoms with Gasteiger partial charge in [-0.3, -0.25) is 4.79 Å². The molecule has 126 valence electrons. The van der Waals surface area contributed by atoms with Crippen LogP contribution < -0.4 is 5.32 Å². The Morgan fingerprint density at radius 2 is 1.92 bits per heavy atom. The van der Waals surface area contributed by atoms with E-state index in [1.54, 1.807) is 12.3 Å². The van der Waals surface area contributed by atoms with E-state index < -0.39 is 0 Å². The highest BCUT2D eigenvalue weighted by Crippen LogP contribution is 2.29. The van der Waals surface area contributed by atoms with Gasteiger partial charge in [-0.1, -0.05) is 47.6 Å². The Labute approximate surface area is 153 Å². The third kappa shape index (κ3) is 3.97. The Balaban J connectivity index is 1.87. The fourth-order valence-electron chi connectivity index (χ4n) is 2.34. The summed E-state index contributed by atoms with van der Waals surface area (Å²) in [5.41, 5.74) is 3.51. The lowest BCUT2D eigenvalue weighted by atomic mass is 10.0. The van der Waals surface area contributed by atoms with Gasteiger partial charge in [-0.05, 0) is 39.2 Å². The van der Waals surface area contributed by atoms with Gasteiger partial charge in [0, 0.05) is 11.3 Å². The first-order chi connectivity index (χ1) is 12.2. The topological polar surface area (TPSA) is 63.8 Å². The fourth-order valence-corrected chi connectivity index (χ4v) is 2.72. The van der Waals surface area contributed by atoms with Crippen molar-refractivity contribution in [1.82, 2.24) is 0 Å². The monoisotopic (exact) mass is 398 g/mol. The van der Waals surface area contributed by atoms with E-state index in [1.165, 1.54) is 13.4 Å². The molecule has 3 aromatic rings. The van der Waals surface area contributed by atoms with Crippen LogP contribution in [0.2, 0.25) is 0 Å². The molecular formula is C19H15BrN2O3. The molecule has 1 heterocycles. The first-order valence-electron chi connectivity index (χ1n) is 7.49. The van der Waals surface area contributed by atoms with Crippen LogP contribution in [-0.2, 0) is 4.84 Å². The van der Waals surface area contributed by atoms with Crippen molar-refractivity contribution in [1.29, 1.82) is 0 Å². The molecule has 0 aliphatic rings. The van der Waals surface area contributed by atoms with Crippen molar-refractivity contribution >= 4 is 33.7 Å². The number of benzene rings is 2. The molecule has 1 amide bonds. The minimum Gasteiger partial charge on any atom is -0.458 e. The third-order valence-corrected chi connectivity index (χ3v) is 4.15. The van der Waals surface area contributed by atoms with Gasteiger partial charge in [0.1, 0.15) is 7.11 Å². The molecule has 0 saturated heterocycles. The molecule has 1 N–H and O–H groups in total. The van der Waals surface area contributed by atoms with Crippen molar-refractivity contribution in [3.8, 4) is 11.1 Å². The second-order valence-corrected chi connectivity index (χ2v) is 5.99. The van der Waals surface area contributed by atoms with E-state index in [9.17, 15) is 4.79 Å². The van der Waals surface area contributed by atoms with Crippen LogP contribution in [0.15, 0.2) is 74.9 Å². The summed E-state index contributed by atoms with van der Waals surface area (Å²) in [6, 6.07) is 17.1. The van der Waals surface area contributed by atoms with Crippen molar-refractivity contribution in [3.63, 3.8) is 0 Å². The van der Waals surface area contributed by atoms with Crippen LogP contribution in [0.1, 0.15) is 16.1 Å². The van der Waals surface area contributed by atoms with Crippen molar-refractivity contribution in [2.24, 2.45) is 5.16 Å². The lowest BCUT2D eigenvalue weighted by Gasteiger charge is -2.11. The second-order valence-electron chi connectivity index (χ2n) is 5.14. The molecule has 3 rings (SSSR count). The number of hydrogen-bond donors (Lipinski definition) is 1. The molecule has 0 bridgehead atoms. The Morgan fingerprint density at radius 1 is 1.16 bits per heavy atom. The predicted octanol–water partition coefficient (Wildman–Crippen LogP) is 4.94. The summed E-state index contributed by atoms with van der Waals surface area (Å²) < 4.78 is 5.83. The van der Waals surface area contributed by atoms with Gasteiger partial charge in [-0.2, -0.15) is 0 Å². The second kappa shape index (κ2) is 7.81. The number of nitrogens with one attached hydrogen (secondary N) is 1. The number of halogens is 1. The molecule has 0 unspecified atom stereocenters. The number of nitrogens with zero attached hydrogens (tertiary/aromatic N) is 1. The summed E-state index contributed by atoms with van der Waals surface area (Å²) in [5, 5.41) is 6.63. The molecule has 0 spiro atoms. The van der Waals surface area contributed by atoms with Crippen molar-refractivity contribution < 1.29 is 14.0 Å². The molecule has 0 fully saturated rings. The molecule has 25 heavy (non-hydrogen) atoms. The largest absolute Gasteiger partial charge is 0.458 e. The standard InChI is InChI=1S/C19H15BrN2O3/c1-24-21-12-13-6-8-14(9-7-13)15-4-2-3-5-17(15)22-19(23)18-16(20)10-11-25-18/h2-12H,1H3,(H,22,23). The summed E-state index contributed by atoms with van der Waals surface area (Å²) >= 11 is 3.30. The lowest BCUT2D eigenvalue weighted by molar-refractivity contribution is 0.0995. The highest BCUT2D eigenvalue weighted by molar-refractivity contribution is 9.10. The number of amides is 1. The van der Waals surface area contributed by atoms with Crippen molar-refractivity contribution in [3.05, 3.63) is 76.7 Å². The number of furan rings is 1. The van der Waals surface area contributed by atoms with Gasteiger partial charge in [0.05, 0.1) is 17.0 Å². The number of para-hydroxylation sites is 1. The van der Waals surface area contributed by atoms with Crippen molar-refractivity contribution in [2.75, 3.05) is 12.4 Å². The van der Waals surface area contributed by atoms with E-state index in [2.05, 4.69) is 31.2 Å². The van der Waals surface area contributed by atoms with E-state index in [-0.39, 0.29) is 11.7 Å². The van der Waals surface area contributed by atoms with Gasteiger partial charge in [0.2, 0.25) is 5.76 Å². The van der Waals surface area contributed by atoms with Crippen LogP contribution in [0.25, 0.3) is 11.1 Å². The molecular weight excluding hydrogens is 384 g/mol. The average Bonchev–Trinajstić information content (AvgIpc) is 3.07. The molecule has 0 saturated carbocycles. The van der Waals surface area contributed by atoms with E-state index >= 15 is 0 Å². The minimum atomic E-state index is -0.312. The van der Waals surface area contributed by atoms with Crippen LogP contribution in [0.5, 0.6) is 0 Å². The Bertz CT molecular complexity index is 901.